The smallest absolute Gasteiger partial charge is 0.330 e. The molecule has 2 aromatic rings. The molecular weight excluding hydrogens is 364 g/mol. The van der Waals surface area contributed by atoms with Gasteiger partial charge in [0.15, 0.2) is 5.69 Å². The maximum atomic E-state index is 12.9. The molecule has 0 atom stereocenters. The molecule has 154 valence electrons. The van der Waals surface area contributed by atoms with Crippen LogP contribution in [0.4, 0.5) is 11.5 Å². The van der Waals surface area contributed by atoms with Crippen molar-refractivity contribution in [3.8, 4) is 0 Å². The van der Waals surface area contributed by atoms with Crippen LogP contribution < -0.4 is 21.9 Å². The number of aromatic nitrogens is 4. The van der Waals surface area contributed by atoms with E-state index >= 15 is 0 Å². The number of carbonyl (C=O) groups is 1. The Kier molecular flexibility index (Phi) is 7.16. The van der Waals surface area contributed by atoms with Gasteiger partial charge in [-0.2, -0.15) is 5.10 Å². The highest BCUT2D eigenvalue weighted by Crippen LogP contribution is 2.18. The maximum absolute atomic E-state index is 12.9. The Hall–Kier alpha value is -2.88. The number of nitrogens with two attached hydrogens (primary N) is 1. The Balaban J connectivity index is 2.36. The minimum absolute atomic E-state index is 0.0221. The summed E-state index contributed by atoms with van der Waals surface area (Å²) in [7, 11) is 1.50. The second kappa shape index (κ2) is 9.36. The van der Waals surface area contributed by atoms with E-state index in [1.807, 2.05) is 26.8 Å². The van der Waals surface area contributed by atoms with Crippen molar-refractivity contribution in [1.82, 2.24) is 19.3 Å². The summed E-state index contributed by atoms with van der Waals surface area (Å²) in [5.74, 6) is -0.324. The molecule has 0 aliphatic rings. The number of anilines is 2. The summed E-state index contributed by atoms with van der Waals surface area (Å²) in [5.41, 5.74) is 6.62. The molecule has 1 amide bonds. The zero-order valence-electron chi connectivity index (χ0n) is 16.8. The van der Waals surface area contributed by atoms with Crippen molar-refractivity contribution in [2.45, 2.75) is 46.7 Å². The summed E-state index contributed by atoms with van der Waals surface area (Å²) in [4.78, 5) is 41.0. The van der Waals surface area contributed by atoms with Crippen LogP contribution in [0.25, 0.3) is 0 Å². The molecule has 10 heteroatoms. The minimum atomic E-state index is -0.689. The van der Waals surface area contributed by atoms with Crippen LogP contribution in [0, 0.1) is 13.8 Å². The first-order chi connectivity index (χ1) is 13.3. The van der Waals surface area contributed by atoms with Crippen molar-refractivity contribution in [2.24, 2.45) is 0 Å². The summed E-state index contributed by atoms with van der Waals surface area (Å²) in [6.07, 6.45) is 0.775. The van der Waals surface area contributed by atoms with Gasteiger partial charge < -0.3 is 15.4 Å². The number of aryl methyl sites for hydroxylation is 3. The number of ether oxygens (including phenoxy) is 1. The van der Waals surface area contributed by atoms with Gasteiger partial charge in [0.2, 0.25) is 5.91 Å². The summed E-state index contributed by atoms with van der Waals surface area (Å²) in [6, 6.07) is 1.93. The molecule has 0 saturated carbocycles. The monoisotopic (exact) mass is 392 g/mol. The van der Waals surface area contributed by atoms with Gasteiger partial charge >= 0.3 is 5.69 Å². The van der Waals surface area contributed by atoms with Crippen molar-refractivity contribution in [2.75, 3.05) is 30.9 Å². The molecule has 2 heterocycles. The number of nitrogens with zero attached hydrogens (tertiary/aromatic N) is 4. The van der Waals surface area contributed by atoms with E-state index in [9.17, 15) is 14.4 Å². The summed E-state index contributed by atoms with van der Waals surface area (Å²) >= 11 is 0. The largest absolute Gasteiger partial charge is 0.383 e. The van der Waals surface area contributed by atoms with Gasteiger partial charge in [-0.1, -0.05) is 6.92 Å². The minimum Gasteiger partial charge on any atom is -0.383 e. The molecule has 0 radical (unpaired) electrons. The van der Waals surface area contributed by atoms with Gasteiger partial charge in [-0.3, -0.25) is 23.8 Å². The molecule has 0 fully saturated rings. The summed E-state index contributed by atoms with van der Waals surface area (Å²) in [6.45, 7) is 6.76. The number of nitrogen functional groups attached to an aromatic ring is 1. The molecule has 0 saturated heterocycles. The number of methoxy groups -OCH3 is 1. The van der Waals surface area contributed by atoms with Gasteiger partial charge in [0, 0.05) is 38.9 Å². The first kappa shape index (κ1) is 21.4. The van der Waals surface area contributed by atoms with Crippen LogP contribution >= 0.6 is 0 Å². The normalized spacial score (nSPS) is 11.0. The number of carbonyl (C=O) groups excluding carboxylic acids is 1. The van der Waals surface area contributed by atoms with E-state index in [1.165, 1.54) is 16.6 Å². The number of nitrogens with one attached hydrogen (secondary N) is 1. The van der Waals surface area contributed by atoms with E-state index in [0.29, 0.717) is 19.5 Å². The number of hydrogen-bond acceptors (Lipinski definition) is 6. The average molecular weight is 392 g/mol. The number of hydrogen-bond donors (Lipinski definition) is 2. The highest BCUT2D eigenvalue weighted by Gasteiger charge is 2.24. The van der Waals surface area contributed by atoms with Gasteiger partial charge in [0.05, 0.1) is 12.3 Å². The quantitative estimate of drug-likeness (QED) is 0.636. The van der Waals surface area contributed by atoms with Crippen LogP contribution in [0.15, 0.2) is 15.7 Å². The Morgan fingerprint density at radius 1 is 1.32 bits per heavy atom. The zero-order chi connectivity index (χ0) is 20.8. The summed E-state index contributed by atoms with van der Waals surface area (Å²) in [5, 5.41) is 4.34. The fourth-order valence-corrected chi connectivity index (χ4v) is 3.07. The third kappa shape index (κ3) is 4.69. The van der Waals surface area contributed by atoms with Gasteiger partial charge in [-0.25, -0.2) is 4.79 Å². The Morgan fingerprint density at radius 3 is 2.61 bits per heavy atom. The predicted molar refractivity (Wildman–Crippen MR) is 107 cm³/mol. The van der Waals surface area contributed by atoms with Crippen LogP contribution in [0.1, 0.15) is 31.2 Å². The second-order valence-corrected chi connectivity index (χ2v) is 6.58. The lowest BCUT2D eigenvalue weighted by molar-refractivity contribution is -0.119. The Bertz CT molecular complexity index is 943. The third-order valence-electron chi connectivity index (χ3n) is 4.39. The molecule has 0 spiro atoms. The molecule has 0 unspecified atom stereocenters. The molecule has 2 rings (SSSR count). The van der Waals surface area contributed by atoms with E-state index in [2.05, 4.69) is 10.1 Å². The number of H-pyrrole nitrogens is 1. The van der Waals surface area contributed by atoms with Crippen molar-refractivity contribution >= 4 is 17.4 Å². The van der Waals surface area contributed by atoms with Crippen molar-refractivity contribution in [3.05, 3.63) is 38.3 Å². The Labute approximate surface area is 162 Å². The van der Waals surface area contributed by atoms with Crippen molar-refractivity contribution in [3.63, 3.8) is 0 Å². The lowest BCUT2D eigenvalue weighted by atomic mass is 10.3. The zero-order valence-corrected chi connectivity index (χ0v) is 16.8. The Morgan fingerprint density at radius 2 is 2.04 bits per heavy atom. The molecule has 0 aromatic carbocycles. The number of amides is 1. The van der Waals surface area contributed by atoms with Crippen LogP contribution in [0.5, 0.6) is 0 Å². The molecule has 10 nitrogen and oxygen atoms in total. The van der Waals surface area contributed by atoms with E-state index in [4.69, 9.17) is 10.5 Å². The highest BCUT2D eigenvalue weighted by atomic mass is 16.5. The molecule has 2 aromatic heterocycles. The number of rotatable bonds is 9. The van der Waals surface area contributed by atoms with E-state index in [1.54, 1.807) is 4.68 Å². The first-order valence-corrected chi connectivity index (χ1v) is 9.23. The van der Waals surface area contributed by atoms with E-state index in [0.717, 1.165) is 11.4 Å². The van der Waals surface area contributed by atoms with Crippen LogP contribution in [0.3, 0.4) is 0 Å². The maximum Gasteiger partial charge on any atom is 0.330 e. The lowest BCUT2D eigenvalue weighted by Crippen LogP contribution is -2.42. The van der Waals surface area contributed by atoms with Gasteiger partial charge in [0.1, 0.15) is 5.82 Å². The topological polar surface area (TPSA) is 128 Å². The molecule has 0 bridgehead atoms. The second-order valence-electron chi connectivity index (χ2n) is 6.58. The lowest BCUT2D eigenvalue weighted by Gasteiger charge is -2.24. The van der Waals surface area contributed by atoms with E-state index in [-0.39, 0.29) is 37.0 Å². The third-order valence-corrected chi connectivity index (χ3v) is 4.39. The van der Waals surface area contributed by atoms with E-state index < -0.39 is 11.2 Å². The molecule has 0 aliphatic heterocycles. The average Bonchev–Trinajstić information content (AvgIpc) is 2.96. The SMILES string of the molecule is CCCn1c(N)c(N(CCOC)C(=O)CCn2nc(C)cc2C)c(=O)[nH]c1=O. The summed E-state index contributed by atoms with van der Waals surface area (Å²) < 4.78 is 8.09. The predicted octanol–water partition coefficient (Wildman–Crippen LogP) is 0.412. The van der Waals surface area contributed by atoms with Crippen LogP contribution in [-0.2, 0) is 22.6 Å². The number of aromatic amines is 1. The van der Waals surface area contributed by atoms with Crippen LogP contribution in [-0.4, -0.2) is 45.5 Å². The van der Waals surface area contributed by atoms with Gasteiger partial charge in [0.25, 0.3) is 5.56 Å². The molecule has 0 aliphatic carbocycles. The molecule has 28 heavy (non-hydrogen) atoms. The van der Waals surface area contributed by atoms with Crippen molar-refractivity contribution in [1.29, 1.82) is 0 Å². The fraction of sp³-hybridized carbons (Fsp3) is 0.556. The van der Waals surface area contributed by atoms with Gasteiger partial charge in [-0.05, 0) is 26.3 Å². The van der Waals surface area contributed by atoms with Gasteiger partial charge in [-0.15, -0.1) is 0 Å². The molecule has 3 N–H and O–H groups in total. The van der Waals surface area contributed by atoms with Crippen LogP contribution in [0.2, 0.25) is 0 Å². The fourth-order valence-electron chi connectivity index (χ4n) is 3.07. The molecular formula is C18H28N6O4. The van der Waals surface area contributed by atoms with Crippen molar-refractivity contribution < 1.29 is 9.53 Å². The standard InChI is InChI=1S/C18H28N6O4/c1-5-7-23-16(19)15(17(26)20-18(23)27)22(9-10-28-4)14(25)6-8-24-13(3)11-12(2)21-24/h11H,5-10,19H2,1-4H3,(H,20,26,27). The highest BCUT2D eigenvalue weighted by molar-refractivity contribution is 5.95. The first-order valence-electron chi connectivity index (χ1n) is 9.23.